The van der Waals surface area contributed by atoms with E-state index >= 15 is 0 Å². The van der Waals surface area contributed by atoms with Crippen molar-refractivity contribution in [1.82, 2.24) is 20.2 Å². The molecule has 1 saturated carbocycles. The lowest BCUT2D eigenvalue weighted by molar-refractivity contribution is -0.114. The van der Waals surface area contributed by atoms with Gasteiger partial charge in [0.15, 0.2) is 5.82 Å². The van der Waals surface area contributed by atoms with Crippen molar-refractivity contribution in [3.8, 4) is 17.1 Å². The van der Waals surface area contributed by atoms with Crippen LogP contribution < -0.4 is 15.4 Å². The van der Waals surface area contributed by atoms with Crippen LogP contribution in [0.15, 0.2) is 36.4 Å². The second-order valence-corrected chi connectivity index (χ2v) is 7.37. The summed E-state index contributed by atoms with van der Waals surface area (Å²) in [6.45, 7) is 1.99. The van der Waals surface area contributed by atoms with Gasteiger partial charge < -0.3 is 15.4 Å². The van der Waals surface area contributed by atoms with Crippen molar-refractivity contribution in [2.75, 3.05) is 24.3 Å². The number of anilines is 2. The maximum Gasteiger partial charge on any atom is 0.243 e. The molecule has 0 radical (unpaired) electrons. The lowest BCUT2D eigenvalue weighted by Crippen LogP contribution is -2.22. The van der Waals surface area contributed by atoms with Crippen molar-refractivity contribution in [2.24, 2.45) is 0 Å². The van der Waals surface area contributed by atoms with Crippen molar-refractivity contribution in [3.63, 3.8) is 0 Å². The van der Waals surface area contributed by atoms with Crippen molar-refractivity contribution < 1.29 is 9.53 Å². The number of ether oxygens (including phenoxy) is 1. The van der Waals surface area contributed by atoms with Crippen LogP contribution in [0.5, 0.6) is 5.75 Å². The number of nitrogens with one attached hydrogen (secondary N) is 2. The maximum atomic E-state index is 12.3. The summed E-state index contributed by atoms with van der Waals surface area (Å²) in [4.78, 5) is 12.3. The van der Waals surface area contributed by atoms with E-state index < -0.39 is 0 Å². The Kier molecular flexibility index (Phi) is 5.35. The van der Waals surface area contributed by atoms with Gasteiger partial charge in [-0.15, -0.1) is 5.10 Å². The predicted molar refractivity (Wildman–Crippen MR) is 111 cm³/mol. The molecule has 0 unspecified atom stereocenters. The highest BCUT2D eigenvalue weighted by molar-refractivity contribution is 6.31. The number of aromatic nitrogens is 4. The Morgan fingerprint density at radius 2 is 2.03 bits per heavy atom. The Balaban J connectivity index is 1.37. The van der Waals surface area contributed by atoms with Crippen molar-refractivity contribution in [1.29, 1.82) is 0 Å². The zero-order chi connectivity index (χ0) is 20.4. The van der Waals surface area contributed by atoms with Crippen LogP contribution >= 0.6 is 11.6 Å². The van der Waals surface area contributed by atoms with E-state index in [1.807, 2.05) is 35.9 Å². The number of rotatable bonds is 7. The summed E-state index contributed by atoms with van der Waals surface area (Å²) < 4.78 is 7.16. The molecule has 150 valence electrons. The molecule has 1 amide bonds. The summed E-state index contributed by atoms with van der Waals surface area (Å²) >= 11 is 6.10. The van der Waals surface area contributed by atoms with Crippen LogP contribution in [0, 0.1) is 6.92 Å². The molecule has 29 heavy (non-hydrogen) atoms. The average molecular weight is 413 g/mol. The third-order valence-corrected chi connectivity index (χ3v) is 5.14. The highest BCUT2D eigenvalue weighted by atomic mass is 35.5. The van der Waals surface area contributed by atoms with E-state index in [2.05, 4.69) is 26.2 Å². The average Bonchev–Trinajstić information content (AvgIpc) is 3.46. The van der Waals surface area contributed by atoms with E-state index in [1.165, 1.54) is 7.11 Å². The molecule has 1 fully saturated rings. The fourth-order valence-corrected chi connectivity index (χ4v) is 3.15. The van der Waals surface area contributed by atoms with Crippen LogP contribution in [0.3, 0.4) is 0 Å². The van der Waals surface area contributed by atoms with Gasteiger partial charge in [0.25, 0.3) is 0 Å². The summed E-state index contributed by atoms with van der Waals surface area (Å²) in [6, 6.07) is 11.6. The first-order chi connectivity index (χ1) is 14.0. The van der Waals surface area contributed by atoms with Gasteiger partial charge in [-0.2, -0.15) is 0 Å². The Bertz CT molecular complexity index is 1030. The Morgan fingerprint density at radius 3 is 2.72 bits per heavy atom. The van der Waals surface area contributed by atoms with Crippen LogP contribution in [-0.4, -0.2) is 39.8 Å². The molecule has 9 heteroatoms. The lowest BCUT2D eigenvalue weighted by atomic mass is 10.2. The zero-order valence-corrected chi connectivity index (χ0v) is 16.9. The number of amides is 1. The Labute approximate surface area is 173 Å². The number of hydrogen-bond acceptors (Lipinski definition) is 6. The number of aryl methyl sites for hydroxylation is 1. The molecule has 0 saturated heterocycles. The van der Waals surface area contributed by atoms with Crippen LogP contribution in [-0.2, 0) is 4.79 Å². The number of tetrazole rings is 1. The number of nitrogens with zero attached hydrogens (tertiary/aromatic N) is 4. The van der Waals surface area contributed by atoms with Gasteiger partial charge in [-0.05, 0) is 66.1 Å². The SMILES string of the molecule is COc1cc(Cl)c(C)cc1NC(=O)CNc1ccc(-c2nnnn2C2CC2)cc1. The largest absolute Gasteiger partial charge is 0.495 e. The highest BCUT2D eigenvalue weighted by Crippen LogP contribution is 2.36. The highest BCUT2D eigenvalue weighted by Gasteiger charge is 2.28. The van der Waals surface area contributed by atoms with Gasteiger partial charge in [0.05, 0.1) is 25.4 Å². The molecule has 1 heterocycles. The van der Waals surface area contributed by atoms with Gasteiger partial charge in [0.2, 0.25) is 5.91 Å². The summed E-state index contributed by atoms with van der Waals surface area (Å²) in [7, 11) is 1.54. The van der Waals surface area contributed by atoms with Crippen molar-refractivity contribution in [3.05, 3.63) is 47.0 Å². The molecule has 0 aliphatic heterocycles. The second kappa shape index (κ2) is 8.08. The molecule has 4 rings (SSSR count). The summed E-state index contributed by atoms with van der Waals surface area (Å²) in [5.41, 5.74) is 3.22. The third kappa shape index (κ3) is 4.32. The van der Waals surface area contributed by atoms with E-state index in [1.54, 1.807) is 12.1 Å². The number of carbonyl (C=O) groups excluding carboxylic acids is 1. The van der Waals surface area contributed by atoms with Gasteiger partial charge >= 0.3 is 0 Å². The second-order valence-electron chi connectivity index (χ2n) is 6.96. The zero-order valence-electron chi connectivity index (χ0n) is 16.1. The normalized spacial score (nSPS) is 13.2. The van der Waals surface area contributed by atoms with E-state index in [0.29, 0.717) is 22.5 Å². The molecular formula is C20H21ClN6O2. The van der Waals surface area contributed by atoms with Crippen LogP contribution in [0.25, 0.3) is 11.4 Å². The maximum absolute atomic E-state index is 12.3. The van der Waals surface area contributed by atoms with Gasteiger partial charge in [-0.25, -0.2) is 4.68 Å². The first-order valence-corrected chi connectivity index (χ1v) is 9.69. The number of halogens is 1. The Hall–Kier alpha value is -3.13. The first-order valence-electron chi connectivity index (χ1n) is 9.31. The van der Waals surface area contributed by atoms with Crippen LogP contribution in [0.1, 0.15) is 24.4 Å². The number of carbonyl (C=O) groups is 1. The quantitative estimate of drug-likeness (QED) is 0.614. The molecule has 1 aliphatic rings. The van der Waals surface area contributed by atoms with E-state index in [9.17, 15) is 4.79 Å². The van der Waals surface area contributed by atoms with Gasteiger partial charge in [0.1, 0.15) is 5.75 Å². The van der Waals surface area contributed by atoms with Crippen LogP contribution in [0.4, 0.5) is 11.4 Å². The summed E-state index contributed by atoms with van der Waals surface area (Å²) in [6.07, 6.45) is 2.23. The number of methoxy groups -OCH3 is 1. The topological polar surface area (TPSA) is 94.0 Å². The van der Waals surface area contributed by atoms with E-state index in [-0.39, 0.29) is 12.5 Å². The molecule has 1 aromatic heterocycles. The molecule has 0 spiro atoms. The van der Waals surface area contributed by atoms with Crippen molar-refractivity contribution >= 4 is 28.9 Å². The minimum atomic E-state index is -0.188. The molecule has 0 atom stereocenters. The van der Waals surface area contributed by atoms with Crippen molar-refractivity contribution in [2.45, 2.75) is 25.8 Å². The lowest BCUT2D eigenvalue weighted by Gasteiger charge is -2.13. The number of benzene rings is 2. The summed E-state index contributed by atoms with van der Waals surface area (Å²) in [5, 5.41) is 18.5. The standard InChI is InChI=1S/C20H21ClN6O2/c1-12-9-17(18(29-2)10-16(12)21)23-19(28)11-22-14-5-3-13(4-6-14)20-24-25-26-27(20)15-7-8-15/h3-6,9-10,15,22H,7-8,11H2,1-2H3,(H,23,28). The van der Waals surface area contributed by atoms with Crippen LogP contribution in [0.2, 0.25) is 5.02 Å². The smallest absolute Gasteiger partial charge is 0.243 e. The Morgan fingerprint density at radius 1 is 1.28 bits per heavy atom. The van der Waals surface area contributed by atoms with Gasteiger partial charge in [-0.1, -0.05) is 11.6 Å². The molecule has 2 aromatic carbocycles. The molecule has 0 bridgehead atoms. The van der Waals surface area contributed by atoms with E-state index in [4.69, 9.17) is 16.3 Å². The van der Waals surface area contributed by atoms with Gasteiger partial charge in [-0.3, -0.25) is 4.79 Å². The third-order valence-electron chi connectivity index (χ3n) is 4.74. The number of hydrogen-bond donors (Lipinski definition) is 2. The minimum absolute atomic E-state index is 0.115. The monoisotopic (exact) mass is 412 g/mol. The molecular weight excluding hydrogens is 392 g/mol. The molecule has 3 aromatic rings. The van der Waals surface area contributed by atoms with E-state index in [0.717, 1.165) is 35.5 Å². The first kappa shape index (κ1) is 19.2. The van der Waals surface area contributed by atoms with Gasteiger partial charge in [0, 0.05) is 22.3 Å². The summed E-state index contributed by atoms with van der Waals surface area (Å²) in [5.74, 6) is 1.10. The fraction of sp³-hybridized carbons (Fsp3) is 0.300. The fourth-order valence-electron chi connectivity index (χ4n) is 2.99. The molecule has 8 nitrogen and oxygen atoms in total. The predicted octanol–water partition coefficient (Wildman–Crippen LogP) is 3.70. The molecule has 1 aliphatic carbocycles. The molecule has 2 N–H and O–H groups in total. The minimum Gasteiger partial charge on any atom is -0.495 e.